The molecule has 2 aliphatic heterocycles. The Morgan fingerprint density at radius 2 is 0.919 bits per heavy atom. The normalized spacial score (nSPS) is 17.5. The van der Waals surface area contributed by atoms with E-state index in [9.17, 15) is 0 Å². The van der Waals surface area contributed by atoms with Crippen molar-refractivity contribution in [3.8, 4) is 11.1 Å². The highest BCUT2D eigenvalue weighted by atomic mass is 35.5. The minimum Gasteiger partial charge on any atom is -0.303 e. The highest BCUT2D eigenvalue weighted by Gasteiger charge is 2.19. The Hall–Kier alpha value is -1.06. The van der Waals surface area contributed by atoms with Crippen molar-refractivity contribution in [2.75, 3.05) is 39.3 Å². The van der Waals surface area contributed by atoms with Crippen LogP contribution in [0, 0.1) is 0 Å². The van der Waals surface area contributed by atoms with E-state index in [1.54, 1.807) is 22.3 Å². The maximum Gasteiger partial charge on any atom is -0.00133 e. The molecular formula is C33H50Cl2N2. The lowest BCUT2D eigenvalue weighted by Crippen LogP contribution is -2.30. The van der Waals surface area contributed by atoms with Gasteiger partial charge in [-0.15, -0.1) is 24.8 Å². The van der Waals surface area contributed by atoms with Gasteiger partial charge >= 0.3 is 0 Å². The summed E-state index contributed by atoms with van der Waals surface area (Å²) < 4.78 is 0. The van der Waals surface area contributed by atoms with Crippen LogP contribution in [-0.4, -0.2) is 49.1 Å². The molecule has 3 aliphatic rings. The van der Waals surface area contributed by atoms with Crippen molar-refractivity contribution in [2.24, 2.45) is 0 Å². The number of unbranched alkanes of at least 4 members (excludes halogenated alkanes) is 4. The van der Waals surface area contributed by atoms with E-state index in [0.29, 0.717) is 0 Å². The summed E-state index contributed by atoms with van der Waals surface area (Å²) >= 11 is 0. The molecule has 2 aromatic carbocycles. The number of piperidine rings is 2. The topological polar surface area (TPSA) is 6.48 Å². The summed E-state index contributed by atoms with van der Waals surface area (Å²) in [6.07, 6.45) is 20.3. The molecule has 0 saturated carbocycles. The second kappa shape index (κ2) is 16.1. The Labute approximate surface area is 239 Å². The highest BCUT2D eigenvalue weighted by molar-refractivity contribution is 5.85. The van der Waals surface area contributed by atoms with Crippen molar-refractivity contribution >= 4 is 24.8 Å². The fourth-order valence-electron chi connectivity index (χ4n) is 6.68. The van der Waals surface area contributed by atoms with Gasteiger partial charge in [0.15, 0.2) is 0 Å². The fourth-order valence-corrected chi connectivity index (χ4v) is 6.68. The van der Waals surface area contributed by atoms with Gasteiger partial charge in [-0.25, -0.2) is 0 Å². The monoisotopic (exact) mass is 544 g/mol. The van der Waals surface area contributed by atoms with Gasteiger partial charge in [0.1, 0.15) is 0 Å². The van der Waals surface area contributed by atoms with Crippen molar-refractivity contribution in [1.82, 2.24) is 9.80 Å². The van der Waals surface area contributed by atoms with Crippen molar-refractivity contribution in [1.29, 1.82) is 0 Å². The summed E-state index contributed by atoms with van der Waals surface area (Å²) in [4.78, 5) is 5.36. The van der Waals surface area contributed by atoms with E-state index in [1.165, 1.54) is 140 Å². The van der Waals surface area contributed by atoms with Gasteiger partial charge in [-0.05, 0) is 143 Å². The molecule has 2 saturated heterocycles. The van der Waals surface area contributed by atoms with Crippen LogP contribution in [0.5, 0.6) is 0 Å². The lowest BCUT2D eigenvalue weighted by Gasteiger charge is -2.26. The average molecular weight is 546 g/mol. The van der Waals surface area contributed by atoms with Crippen molar-refractivity contribution in [3.63, 3.8) is 0 Å². The van der Waals surface area contributed by atoms with Gasteiger partial charge in [-0.1, -0.05) is 62.1 Å². The van der Waals surface area contributed by atoms with E-state index in [2.05, 4.69) is 46.2 Å². The Balaban J connectivity index is 0.00000190. The molecule has 0 atom stereocenters. The Morgan fingerprint density at radius 3 is 1.35 bits per heavy atom. The predicted molar refractivity (Wildman–Crippen MR) is 165 cm³/mol. The maximum atomic E-state index is 2.68. The lowest BCUT2D eigenvalue weighted by atomic mass is 9.99. The molecular weight excluding hydrogens is 495 g/mol. The van der Waals surface area contributed by atoms with Gasteiger partial charge in [-0.3, -0.25) is 0 Å². The molecule has 2 heterocycles. The van der Waals surface area contributed by atoms with Gasteiger partial charge in [0, 0.05) is 0 Å². The summed E-state index contributed by atoms with van der Waals surface area (Å²) in [6, 6.07) is 14.6. The Kier molecular flexibility index (Phi) is 13.3. The number of aryl methyl sites for hydroxylation is 2. The largest absolute Gasteiger partial charge is 0.303 e. The molecule has 0 unspecified atom stereocenters. The molecule has 4 heteroatoms. The van der Waals surface area contributed by atoms with Crippen LogP contribution < -0.4 is 0 Å². The number of likely N-dealkylation sites (tertiary alicyclic amines) is 2. The summed E-state index contributed by atoms with van der Waals surface area (Å²) in [6.45, 7) is 8.00. The molecule has 0 amide bonds. The number of nitrogens with zero attached hydrogens (tertiary/aromatic N) is 2. The second-order valence-corrected chi connectivity index (χ2v) is 11.6. The molecule has 0 bridgehead atoms. The molecule has 1 aliphatic carbocycles. The fraction of sp³-hybridized carbons (Fsp3) is 0.636. The number of rotatable bonds is 12. The molecule has 206 valence electrons. The quantitative estimate of drug-likeness (QED) is 0.211. The van der Waals surface area contributed by atoms with Crippen LogP contribution in [0.1, 0.15) is 99.3 Å². The predicted octanol–water partition coefficient (Wildman–Crippen LogP) is 8.50. The molecule has 2 aromatic rings. The third-order valence-corrected chi connectivity index (χ3v) is 8.79. The van der Waals surface area contributed by atoms with Crippen LogP contribution in [0.15, 0.2) is 36.4 Å². The Morgan fingerprint density at radius 1 is 0.486 bits per heavy atom. The molecule has 0 N–H and O–H groups in total. The first-order valence-electron chi connectivity index (χ1n) is 15.0. The number of hydrogen-bond acceptors (Lipinski definition) is 2. The Bertz CT molecular complexity index is 856. The average Bonchev–Trinajstić information content (AvgIpc) is 3.26. The summed E-state index contributed by atoms with van der Waals surface area (Å²) in [7, 11) is 0. The van der Waals surface area contributed by atoms with Crippen LogP contribution in [-0.2, 0) is 19.3 Å². The van der Waals surface area contributed by atoms with E-state index in [4.69, 9.17) is 0 Å². The van der Waals surface area contributed by atoms with Crippen LogP contribution in [0.3, 0.4) is 0 Å². The van der Waals surface area contributed by atoms with Crippen LogP contribution in [0.2, 0.25) is 0 Å². The number of halogens is 2. The van der Waals surface area contributed by atoms with E-state index in [1.807, 2.05) is 0 Å². The molecule has 2 fully saturated rings. The minimum absolute atomic E-state index is 0. The van der Waals surface area contributed by atoms with E-state index < -0.39 is 0 Å². The smallest absolute Gasteiger partial charge is 0.00133 e. The first-order chi connectivity index (χ1) is 17.3. The first kappa shape index (κ1) is 30.5. The summed E-state index contributed by atoms with van der Waals surface area (Å²) in [5, 5.41) is 0. The van der Waals surface area contributed by atoms with Crippen LogP contribution in [0.4, 0.5) is 0 Å². The minimum atomic E-state index is 0. The third kappa shape index (κ3) is 8.99. The van der Waals surface area contributed by atoms with Gasteiger partial charge in [0.2, 0.25) is 0 Å². The molecule has 0 aromatic heterocycles. The third-order valence-electron chi connectivity index (χ3n) is 8.79. The van der Waals surface area contributed by atoms with Gasteiger partial charge in [-0.2, -0.15) is 0 Å². The van der Waals surface area contributed by atoms with E-state index in [0.717, 1.165) is 6.42 Å². The molecule has 37 heavy (non-hydrogen) atoms. The molecule has 0 spiro atoms. The molecule has 5 rings (SSSR count). The van der Waals surface area contributed by atoms with E-state index in [-0.39, 0.29) is 24.8 Å². The van der Waals surface area contributed by atoms with Crippen LogP contribution >= 0.6 is 24.8 Å². The van der Waals surface area contributed by atoms with E-state index >= 15 is 0 Å². The van der Waals surface area contributed by atoms with Gasteiger partial charge in [0.05, 0.1) is 0 Å². The zero-order chi connectivity index (χ0) is 23.7. The van der Waals surface area contributed by atoms with Crippen molar-refractivity contribution in [3.05, 3.63) is 58.7 Å². The molecule has 2 nitrogen and oxygen atoms in total. The number of fused-ring (bicyclic) bond motifs is 3. The number of benzene rings is 2. The second-order valence-electron chi connectivity index (χ2n) is 11.6. The molecule has 0 radical (unpaired) electrons. The first-order valence-corrected chi connectivity index (χ1v) is 15.0. The van der Waals surface area contributed by atoms with Crippen molar-refractivity contribution < 1.29 is 0 Å². The highest BCUT2D eigenvalue weighted by Crippen LogP contribution is 2.38. The number of hydrogen-bond donors (Lipinski definition) is 0. The van der Waals surface area contributed by atoms with Gasteiger partial charge in [0.25, 0.3) is 0 Å². The summed E-state index contributed by atoms with van der Waals surface area (Å²) in [5.74, 6) is 0. The lowest BCUT2D eigenvalue weighted by molar-refractivity contribution is 0.224. The zero-order valence-corrected chi connectivity index (χ0v) is 24.7. The SMILES string of the molecule is Cl.Cl.c1cc2c(cc1CCCCCN1CCCCC1)Cc1cc(CCCCCN3CCCCC3)ccc1-2. The maximum absolute atomic E-state index is 2.68. The van der Waals surface area contributed by atoms with Crippen LogP contribution in [0.25, 0.3) is 11.1 Å². The standard InChI is InChI=1S/C33H48N2.2ClH/c1(7-19-34-21-9-3-10-22-34)5-13-28-15-17-32-30(25-28)27-31-26-29(16-18-33(31)32)14-6-2-8-20-35-23-11-4-12-24-35;;/h15-18,25-26H,1-14,19-24,27H2;2*1H. The zero-order valence-electron chi connectivity index (χ0n) is 23.0. The summed E-state index contributed by atoms with van der Waals surface area (Å²) in [5.41, 5.74) is 9.18. The van der Waals surface area contributed by atoms with Crippen molar-refractivity contribution in [2.45, 2.75) is 96.3 Å². The van der Waals surface area contributed by atoms with Gasteiger partial charge < -0.3 is 9.80 Å².